The molecule has 6 nitrogen and oxygen atoms in total. The molecule has 1 atom stereocenters. The summed E-state index contributed by atoms with van der Waals surface area (Å²) < 4.78 is 2.91. The van der Waals surface area contributed by atoms with E-state index in [1.165, 1.54) is 4.68 Å². The van der Waals surface area contributed by atoms with Gasteiger partial charge in [0.2, 0.25) is 0 Å². The number of aromatic nitrogens is 4. The molecule has 4 rings (SSSR count). The van der Waals surface area contributed by atoms with Gasteiger partial charge in [0.25, 0.3) is 5.56 Å². The molecule has 0 fully saturated rings. The maximum absolute atomic E-state index is 12.7. The molecule has 2 heterocycles. The van der Waals surface area contributed by atoms with Crippen molar-refractivity contribution in [2.24, 2.45) is 0 Å². The zero-order chi connectivity index (χ0) is 17.2. The summed E-state index contributed by atoms with van der Waals surface area (Å²) in [6.45, 7) is 0.0803. The van der Waals surface area contributed by atoms with Crippen molar-refractivity contribution in [2.75, 3.05) is 0 Å². The van der Waals surface area contributed by atoms with Gasteiger partial charge in [-0.25, -0.2) is 9.36 Å². The van der Waals surface area contributed by atoms with Gasteiger partial charge in [0.15, 0.2) is 5.52 Å². The fourth-order valence-electron chi connectivity index (χ4n) is 2.74. The molecule has 0 aliphatic rings. The Kier molecular flexibility index (Phi) is 3.87. The number of benzene rings is 2. The molecule has 0 aliphatic carbocycles. The topological polar surface area (TPSA) is 72.9 Å². The second-order valence-corrected chi connectivity index (χ2v) is 5.77. The van der Waals surface area contributed by atoms with Crippen LogP contribution >= 0.6 is 0 Å². The maximum atomic E-state index is 12.7. The van der Waals surface area contributed by atoms with Crippen LogP contribution in [0.2, 0.25) is 0 Å². The third-order valence-electron chi connectivity index (χ3n) is 4.07. The van der Waals surface area contributed by atoms with Crippen molar-refractivity contribution in [3.8, 4) is 5.69 Å². The van der Waals surface area contributed by atoms with Gasteiger partial charge in [-0.2, -0.15) is 10.2 Å². The smallest absolute Gasteiger partial charge is 0.295 e. The number of aliphatic hydroxyl groups excluding tert-OH is 1. The highest BCUT2D eigenvalue weighted by Crippen LogP contribution is 2.15. The molecule has 1 N–H and O–H groups in total. The maximum Gasteiger partial charge on any atom is 0.295 e. The molecule has 4 aromatic rings. The molecule has 1 unspecified atom stereocenters. The Hall–Kier alpha value is -3.25. The Labute approximate surface area is 143 Å². The van der Waals surface area contributed by atoms with Crippen molar-refractivity contribution in [1.82, 2.24) is 19.6 Å². The molecule has 2 aromatic heterocycles. The first-order valence-electron chi connectivity index (χ1n) is 7.96. The third kappa shape index (κ3) is 2.95. The van der Waals surface area contributed by atoms with Crippen LogP contribution in [0.25, 0.3) is 16.6 Å². The van der Waals surface area contributed by atoms with E-state index in [0.29, 0.717) is 10.9 Å². The summed E-state index contributed by atoms with van der Waals surface area (Å²) in [5.41, 5.74) is 1.63. The summed E-state index contributed by atoms with van der Waals surface area (Å²) in [5.74, 6) is 0. The molecule has 2 aromatic carbocycles. The highest BCUT2D eigenvalue weighted by atomic mass is 16.3. The Morgan fingerprint density at radius 1 is 1.00 bits per heavy atom. The van der Waals surface area contributed by atoms with Crippen molar-refractivity contribution in [3.05, 3.63) is 89.0 Å². The normalized spacial score (nSPS) is 12.4. The summed E-state index contributed by atoms with van der Waals surface area (Å²) in [7, 11) is 0. The first kappa shape index (κ1) is 15.3. The molecule has 6 heteroatoms. The number of hydrogen-bond acceptors (Lipinski definition) is 4. The Morgan fingerprint density at radius 2 is 1.68 bits per heavy atom. The Morgan fingerprint density at radius 3 is 2.40 bits per heavy atom. The highest BCUT2D eigenvalue weighted by molar-refractivity contribution is 5.76. The fourth-order valence-corrected chi connectivity index (χ4v) is 2.74. The molecule has 0 radical (unpaired) electrons. The minimum atomic E-state index is -0.806. The van der Waals surface area contributed by atoms with E-state index in [4.69, 9.17) is 0 Å². The minimum Gasteiger partial charge on any atom is -0.386 e. The lowest BCUT2D eigenvalue weighted by Crippen LogP contribution is -2.25. The van der Waals surface area contributed by atoms with E-state index in [2.05, 4.69) is 10.2 Å². The van der Waals surface area contributed by atoms with Crippen molar-refractivity contribution in [2.45, 2.75) is 12.6 Å². The molecular formula is C19H16N4O2. The van der Waals surface area contributed by atoms with E-state index >= 15 is 0 Å². The summed E-state index contributed by atoms with van der Waals surface area (Å²) in [6, 6.07) is 18.8. The van der Waals surface area contributed by atoms with Crippen LogP contribution in [0.5, 0.6) is 0 Å². The van der Waals surface area contributed by atoms with Crippen LogP contribution in [0.4, 0.5) is 0 Å². The molecule has 0 aliphatic heterocycles. The van der Waals surface area contributed by atoms with Gasteiger partial charge in [-0.1, -0.05) is 48.5 Å². The Bertz CT molecular complexity index is 1060. The van der Waals surface area contributed by atoms with Crippen molar-refractivity contribution >= 4 is 10.9 Å². The van der Waals surface area contributed by atoms with Crippen LogP contribution in [-0.4, -0.2) is 24.7 Å². The number of aliphatic hydroxyl groups is 1. The lowest BCUT2D eigenvalue weighted by Gasteiger charge is -2.11. The highest BCUT2D eigenvalue weighted by Gasteiger charge is 2.13. The second-order valence-electron chi connectivity index (χ2n) is 5.77. The van der Waals surface area contributed by atoms with E-state index in [9.17, 15) is 9.90 Å². The van der Waals surface area contributed by atoms with Crippen LogP contribution < -0.4 is 5.56 Å². The molecule has 0 amide bonds. The second kappa shape index (κ2) is 6.33. The zero-order valence-corrected chi connectivity index (χ0v) is 13.4. The lowest BCUT2D eigenvalue weighted by molar-refractivity contribution is 0.149. The number of para-hydroxylation sites is 1. The van der Waals surface area contributed by atoms with Gasteiger partial charge in [-0.05, 0) is 17.7 Å². The van der Waals surface area contributed by atoms with Crippen molar-refractivity contribution < 1.29 is 5.11 Å². The predicted molar refractivity (Wildman–Crippen MR) is 94.5 cm³/mol. The third-order valence-corrected chi connectivity index (χ3v) is 4.07. The molecular weight excluding hydrogens is 316 g/mol. The Balaban J connectivity index is 1.70. The van der Waals surface area contributed by atoms with Gasteiger partial charge in [-0.3, -0.25) is 4.79 Å². The molecule has 0 spiro atoms. The minimum absolute atomic E-state index is 0.0803. The van der Waals surface area contributed by atoms with Crippen LogP contribution in [-0.2, 0) is 6.54 Å². The number of fused-ring (bicyclic) bond motifs is 1. The molecule has 0 saturated carbocycles. The van der Waals surface area contributed by atoms with Gasteiger partial charge < -0.3 is 5.11 Å². The monoisotopic (exact) mass is 332 g/mol. The number of hydrogen-bond donors (Lipinski definition) is 1. The summed E-state index contributed by atoms with van der Waals surface area (Å²) >= 11 is 0. The predicted octanol–water partition coefficient (Wildman–Crippen LogP) is 2.32. The summed E-state index contributed by atoms with van der Waals surface area (Å²) in [4.78, 5) is 12.7. The quantitative estimate of drug-likeness (QED) is 0.622. The lowest BCUT2D eigenvalue weighted by atomic mass is 10.1. The van der Waals surface area contributed by atoms with E-state index in [-0.39, 0.29) is 12.1 Å². The molecule has 25 heavy (non-hydrogen) atoms. The van der Waals surface area contributed by atoms with Gasteiger partial charge in [0.05, 0.1) is 24.5 Å². The van der Waals surface area contributed by atoms with Crippen LogP contribution in [0.15, 0.2) is 77.9 Å². The zero-order valence-electron chi connectivity index (χ0n) is 13.4. The standard InChI is InChI=1S/C19H16N4O2/c24-17(14-7-3-1-4-8-14)13-23-19(25)18-15(11-20-23)12-22(21-18)16-9-5-2-6-10-16/h1-12,17,24H,13H2. The van der Waals surface area contributed by atoms with Crippen LogP contribution in [0.1, 0.15) is 11.7 Å². The first-order chi connectivity index (χ1) is 12.2. The van der Waals surface area contributed by atoms with E-state index in [1.54, 1.807) is 17.1 Å². The van der Waals surface area contributed by atoms with E-state index in [0.717, 1.165) is 11.3 Å². The van der Waals surface area contributed by atoms with Gasteiger partial charge in [-0.15, -0.1) is 0 Å². The largest absolute Gasteiger partial charge is 0.386 e. The van der Waals surface area contributed by atoms with Crippen LogP contribution in [0, 0.1) is 0 Å². The van der Waals surface area contributed by atoms with E-state index < -0.39 is 6.10 Å². The SMILES string of the molecule is O=c1c2nn(-c3ccccc3)cc2cnn1CC(O)c1ccccc1. The first-order valence-corrected chi connectivity index (χ1v) is 7.96. The average molecular weight is 332 g/mol. The molecule has 124 valence electrons. The summed E-state index contributed by atoms with van der Waals surface area (Å²) in [5, 5.41) is 19.5. The number of nitrogens with zero attached hydrogens (tertiary/aromatic N) is 4. The summed E-state index contributed by atoms with van der Waals surface area (Å²) in [6.07, 6.45) is 2.57. The average Bonchev–Trinajstić information content (AvgIpc) is 3.11. The number of rotatable bonds is 4. The van der Waals surface area contributed by atoms with Crippen LogP contribution in [0.3, 0.4) is 0 Å². The van der Waals surface area contributed by atoms with Gasteiger partial charge in [0.1, 0.15) is 0 Å². The van der Waals surface area contributed by atoms with Gasteiger partial charge >= 0.3 is 0 Å². The van der Waals surface area contributed by atoms with Gasteiger partial charge in [0, 0.05) is 11.6 Å². The van der Waals surface area contributed by atoms with E-state index in [1.807, 2.05) is 60.7 Å². The van der Waals surface area contributed by atoms with Crippen molar-refractivity contribution in [3.63, 3.8) is 0 Å². The van der Waals surface area contributed by atoms with Crippen molar-refractivity contribution in [1.29, 1.82) is 0 Å². The molecule has 0 saturated heterocycles. The molecule has 0 bridgehead atoms. The fraction of sp³-hybridized carbons (Fsp3) is 0.105.